The van der Waals surface area contributed by atoms with Crippen molar-refractivity contribution in [1.82, 2.24) is 0 Å². The standard InChI is InChI=1S/C14H21NO/c1-4-5-6-12-7-8-14-13(9-12)15(3)10-11(2)16-14/h7-9,11H,4-6,10H2,1-3H3. The van der Waals surface area contributed by atoms with Crippen LogP contribution in [0.25, 0.3) is 0 Å². The first kappa shape index (κ1) is 11.3. The summed E-state index contributed by atoms with van der Waals surface area (Å²) in [5.41, 5.74) is 2.66. The second-order valence-corrected chi connectivity index (χ2v) is 4.71. The zero-order chi connectivity index (χ0) is 11.5. The Bertz CT molecular complexity index is 362. The van der Waals surface area contributed by atoms with E-state index in [1.54, 1.807) is 0 Å². The predicted octanol–water partition coefficient (Wildman–Crippen LogP) is 3.25. The van der Waals surface area contributed by atoms with Gasteiger partial charge in [-0.3, -0.25) is 0 Å². The fourth-order valence-electron chi connectivity index (χ4n) is 2.24. The van der Waals surface area contributed by atoms with Gasteiger partial charge in [0.1, 0.15) is 11.9 Å². The lowest BCUT2D eigenvalue weighted by Gasteiger charge is -2.32. The highest BCUT2D eigenvalue weighted by atomic mass is 16.5. The molecule has 1 atom stereocenters. The zero-order valence-corrected chi connectivity index (χ0v) is 10.5. The van der Waals surface area contributed by atoms with Gasteiger partial charge in [0, 0.05) is 7.05 Å². The van der Waals surface area contributed by atoms with Gasteiger partial charge >= 0.3 is 0 Å². The molecule has 1 aliphatic rings. The Morgan fingerprint density at radius 3 is 3.00 bits per heavy atom. The van der Waals surface area contributed by atoms with E-state index in [-0.39, 0.29) is 0 Å². The topological polar surface area (TPSA) is 12.5 Å². The van der Waals surface area contributed by atoms with Crippen LogP contribution in [0.3, 0.4) is 0 Å². The molecule has 0 aromatic heterocycles. The van der Waals surface area contributed by atoms with Crippen molar-refractivity contribution >= 4 is 5.69 Å². The highest BCUT2D eigenvalue weighted by molar-refractivity contribution is 5.61. The molecule has 0 saturated carbocycles. The second-order valence-electron chi connectivity index (χ2n) is 4.71. The van der Waals surface area contributed by atoms with Crippen molar-refractivity contribution in [2.24, 2.45) is 0 Å². The first-order valence-corrected chi connectivity index (χ1v) is 6.21. The first-order chi connectivity index (χ1) is 7.70. The van der Waals surface area contributed by atoms with Gasteiger partial charge in [-0.1, -0.05) is 19.4 Å². The van der Waals surface area contributed by atoms with Crippen molar-refractivity contribution in [3.05, 3.63) is 23.8 Å². The minimum atomic E-state index is 0.291. The van der Waals surface area contributed by atoms with Crippen LogP contribution < -0.4 is 9.64 Å². The minimum absolute atomic E-state index is 0.291. The number of hydrogen-bond donors (Lipinski definition) is 0. The summed E-state index contributed by atoms with van der Waals surface area (Å²) in [5.74, 6) is 1.03. The Hall–Kier alpha value is -1.18. The molecule has 0 saturated heterocycles. The molecule has 0 amide bonds. The minimum Gasteiger partial charge on any atom is -0.487 e. The molecule has 2 heteroatoms. The highest BCUT2D eigenvalue weighted by Crippen LogP contribution is 2.33. The van der Waals surface area contributed by atoms with Crippen LogP contribution in [0, 0.1) is 0 Å². The highest BCUT2D eigenvalue weighted by Gasteiger charge is 2.19. The van der Waals surface area contributed by atoms with Crippen LogP contribution >= 0.6 is 0 Å². The maximum atomic E-state index is 5.82. The number of rotatable bonds is 3. The summed E-state index contributed by atoms with van der Waals surface area (Å²) in [4.78, 5) is 2.29. The number of aryl methyl sites for hydroxylation is 1. The summed E-state index contributed by atoms with van der Waals surface area (Å²) in [6.45, 7) is 5.32. The third kappa shape index (κ3) is 2.31. The van der Waals surface area contributed by atoms with Crippen LogP contribution in [0.5, 0.6) is 5.75 Å². The summed E-state index contributed by atoms with van der Waals surface area (Å²) in [6, 6.07) is 6.59. The van der Waals surface area contributed by atoms with E-state index in [4.69, 9.17) is 4.74 Å². The molecular weight excluding hydrogens is 198 g/mol. The van der Waals surface area contributed by atoms with Gasteiger partial charge in [-0.2, -0.15) is 0 Å². The SMILES string of the molecule is CCCCc1ccc2c(c1)N(C)CC(C)O2. The molecule has 0 radical (unpaired) electrons. The number of hydrogen-bond acceptors (Lipinski definition) is 2. The summed E-state index contributed by atoms with van der Waals surface area (Å²) in [6.07, 6.45) is 3.98. The molecule has 0 bridgehead atoms. The van der Waals surface area contributed by atoms with Crippen LogP contribution in [0.4, 0.5) is 5.69 Å². The fourth-order valence-corrected chi connectivity index (χ4v) is 2.24. The van der Waals surface area contributed by atoms with Crippen molar-refractivity contribution in [2.75, 3.05) is 18.5 Å². The lowest BCUT2D eigenvalue weighted by molar-refractivity contribution is 0.215. The molecule has 16 heavy (non-hydrogen) atoms. The number of ether oxygens (including phenoxy) is 1. The van der Waals surface area contributed by atoms with Crippen LogP contribution in [0.2, 0.25) is 0 Å². The third-order valence-corrected chi connectivity index (χ3v) is 3.11. The summed E-state index contributed by atoms with van der Waals surface area (Å²) in [5, 5.41) is 0. The van der Waals surface area contributed by atoms with Gasteiger partial charge in [0.05, 0.1) is 12.2 Å². The van der Waals surface area contributed by atoms with Crippen molar-refractivity contribution < 1.29 is 4.74 Å². The average molecular weight is 219 g/mol. The molecule has 0 spiro atoms. The lowest BCUT2D eigenvalue weighted by atomic mass is 10.1. The van der Waals surface area contributed by atoms with Crippen LogP contribution in [-0.4, -0.2) is 19.7 Å². The number of benzene rings is 1. The third-order valence-electron chi connectivity index (χ3n) is 3.11. The molecule has 88 valence electrons. The van der Waals surface area contributed by atoms with E-state index in [1.807, 2.05) is 0 Å². The second kappa shape index (κ2) is 4.77. The number of anilines is 1. The maximum Gasteiger partial charge on any atom is 0.143 e. The quantitative estimate of drug-likeness (QED) is 0.773. The Balaban J connectivity index is 2.20. The number of likely N-dealkylation sites (N-methyl/N-ethyl adjacent to an activating group) is 1. The molecule has 1 aromatic rings. The number of nitrogens with zero attached hydrogens (tertiary/aromatic N) is 1. The molecule has 1 aliphatic heterocycles. The monoisotopic (exact) mass is 219 g/mol. The molecule has 2 nitrogen and oxygen atoms in total. The fraction of sp³-hybridized carbons (Fsp3) is 0.571. The largest absolute Gasteiger partial charge is 0.487 e. The van der Waals surface area contributed by atoms with Gasteiger partial charge in [0.25, 0.3) is 0 Å². The molecule has 0 fully saturated rings. The van der Waals surface area contributed by atoms with Crippen LogP contribution in [-0.2, 0) is 6.42 Å². The number of unbranched alkanes of at least 4 members (excludes halogenated alkanes) is 1. The van der Waals surface area contributed by atoms with Gasteiger partial charge in [-0.25, -0.2) is 0 Å². The Morgan fingerprint density at radius 1 is 1.44 bits per heavy atom. The zero-order valence-electron chi connectivity index (χ0n) is 10.5. The lowest BCUT2D eigenvalue weighted by Crippen LogP contribution is -2.35. The van der Waals surface area contributed by atoms with E-state index in [0.717, 1.165) is 12.3 Å². The van der Waals surface area contributed by atoms with Gasteiger partial charge in [-0.05, 0) is 37.5 Å². The normalized spacial score (nSPS) is 19.2. The van der Waals surface area contributed by atoms with E-state index in [9.17, 15) is 0 Å². The molecule has 0 N–H and O–H groups in total. The maximum absolute atomic E-state index is 5.82. The van der Waals surface area contributed by atoms with E-state index < -0.39 is 0 Å². The average Bonchev–Trinajstić information content (AvgIpc) is 2.26. The van der Waals surface area contributed by atoms with Gasteiger partial charge in [-0.15, -0.1) is 0 Å². The Morgan fingerprint density at radius 2 is 2.25 bits per heavy atom. The summed E-state index contributed by atoms with van der Waals surface area (Å²) >= 11 is 0. The van der Waals surface area contributed by atoms with E-state index in [1.165, 1.54) is 30.5 Å². The van der Waals surface area contributed by atoms with Crippen molar-refractivity contribution in [1.29, 1.82) is 0 Å². The first-order valence-electron chi connectivity index (χ1n) is 6.21. The Labute approximate surface area is 98.2 Å². The number of fused-ring (bicyclic) bond motifs is 1. The molecule has 0 aliphatic carbocycles. The summed E-state index contributed by atoms with van der Waals surface area (Å²) < 4.78 is 5.82. The van der Waals surface area contributed by atoms with Crippen molar-refractivity contribution in [3.8, 4) is 5.75 Å². The van der Waals surface area contributed by atoms with Gasteiger partial charge in [0.2, 0.25) is 0 Å². The van der Waals surface area contributed by atoms with Gasteiger partial charge < -0.3 is 9.64 Å². The predicted molar refractivity (Wildman–Crippen MR) is 68.4 cm³/mol. The molecular formula is C14H21NO. The van der Waals surface area contributed by atoms with Gasteiger partial charge in [0.15, 0.2) is 0 Å². The van der Waals surface area contributed by atoms with Crippen LogP contribution in [0.15, 0.2) is 18.2 Å². The van der Waals surface area contributed by atoms with E-state index in [0.29, 0.717) is 6.10 Å². The van der Waals surface area contributed by atoms with E-state index in [2.05, 4.69) is 44.0 Å². The van der Waals surface area contributed by atoms with E-state index >= 15 is 0 Å². The summed E-state index contributed by atoms with van der Waals surface area (Å²) in [7, 11) is 2.14. The molecule has 2 rings (SSSR count). The molecule has 1 aromatic carbocycles. The van der Waals surface area contributed by atoms with Crippen LogP contribution in [0.1, 0.15) is 32.3 Å². The van der Waals surface area contributed by atoms with Crippen molar-refractivity contribution in [3.63, 3.8) is 0 Å². The molecule has 1 heterocycles. The Kier molecular flexibility index (Phi) is 3.37. The smallest absolute Gasteiger partial charge is 0.143 e. The van der Waals surface area contributed by atoms with Crippen molar-refractivity contribution in [2.45, 2.75) is 39.2 Å². The molecule has 1 unspecified atom stereocenters.